The van der Waals surface area contributed by atoms with Crippen molar-refractivity contribution in [3.05, 3.63) is 0 Å². The number of unbranched alkanes of at least 4 members (excludes halogenated alkanes) is 20. The van der Waals surface area contributed by atoms with Crippen LogP contribution in [0.5, 0.6) is 0 Å². The Bertz CT molecular complexity index is 1230. The second kappa shape index (κ2) is 48.3. The van der Waals surface area contributed by atoms with Gasteiger partial charge >= 0.3 is 41.9 Å². The Kier molecular flexibility index (Phi) is 45.6. The molecule has 0 aliphatic rings. The number of likely N-dealkylation sites (N-methyl/N-ethyl adjacent to an activating group) is 1. The van der Waals surface area contributed by atoms with Gasteiger partial charge in [0.05, 0.1) is 52.4 Å². The first-order valence-electron chi connectivity index (χ1n) is 27.8. The Hall–Kier alpha value is -3.95. The third kappa shape index (κ3) is 44.5. The molecule has 0 aromatic carbocycles. The Morgan fingerprint density at radius 3 is 0.873 bits per heavy atom. The zero-order chi connectivity index (χ0) is 52.6. The largest absolute Gasteiger partial charge is 0.465 e. The molecule has 0 aliphatic heterocycles. The van der Waals surface area contributed by atoms with Crippen molar-refractivity contribution < 1.29 is 66.7 Å². The van der Waals surface area contributed by atoms with Gasteiger partial charge in [-0.05, 0) is 39.8 Å². The fourth-order valence-corrected chi connectivity index (χ4v) is 7.49. The maximum Gasteiger partial charge on any atom is 0.410 e. The van der Waals surface area contributed by atoms with E-state index >= 15 is 0 Å². The van der Waals surface area contributed by atoms with E-state index in [0.717, 1.165) is 128 Å². The van der Waals surface area contributed by atoms with Gasteiger partial charge in [0, 0.05) is 44.1 Å². The molecule has 0 aromatic heterocycles. The van der Waals surface area contributed by atoms with E-state index in [2.05, 4.69) is 27.7 Å². The zero-order valence-electron chi connectivity index (χ0n) is 45.5. The second-order valence-corrected chi connectivity index (χ2v) is 19.3. The molecule has 0 aliphatic carbocycles. The van der Waals surface area contributed by atoms with Gasteiger partial charge in [0.2, 0.25) is 0 Å². The normalized spacial score (nSPS) is 11.2. The van der Waals surface area contributed by atoms with Gasteiger partial charge in [-0.2, -0.15) is 0 Å². The Balaban J connectivity index is 5.51. The standard InChI is InChI=1S/C55H100N2O14/c1-7-11-15-19-23-27-31-49(58)68-43-47(44-69-50(59)32-28-24-20-16-12-8-2)41-53(62)65-39-36-57(55(64)67-38-35-56(5)6)37-40-66-54(63)42-48(45-70-51(60)33-29-25-21-17-13-9-3)46-71-52(61)34-30-26-22-18-14-10-4/h47-48H,7-46H2,1-6H3. The third-order valence-electron chi connectivity index (χ3n) is 12.0. The van der Waals surface area contributed by atoms with Gasteiger partial charge in [0.25, 0.3) is 0 Å². The summed E-state index contributed by atoms with van der Waals surface area (Å²) in [7, 11) is 3.68. The molecule has 0 bridgehead atoms. The molecule has 0 atom stereocenters. The van der Waals surface area contributed by atoms with Crippen molar-refractivity contribution >= 4 is 41.9 Å². The highest BCUT2D eigenvalue weighted by atomic mass is 16.6. The second-order valence-electron chi connectivity index (χ2n) is 19.3. The molecule has 16 nitrogen and oxygen atoms in total. The van der Waals surface area contributed by atoms with Gasteiger partial charge in [-0.1, -0.05) is 156 Å². The maximum absolute atomic E-state index is 13.2. The lowest BCUT2D eigenvalue weighted by molar-refractivity contribution is -0.155. The Morgan fingerprint density at radius 1 is 0.324 bits per heavy atom. The quantitative estimate of drug-likeness (QED) is 0.0317. The predicted molar refractivity (Wildman–Crippen MR) is 275 cm³/mol. The van der Waals surface area contributed by atoms with Crippen LogP contribution in [0.15, 0.2) is 0 Å². The van der Waals surface area contributed by atoms with Crippen LogP contribution in [0.2, 0.25) is 0 Å². The van der Waals surface area contributed by atoms with E-state index in [1.165, 1.54) is 4.90 Å². The summed E-state index contributed by atoms with van der Waals surface area (Å²) in [6.07, 6.45) is 24.5. The number of hydrogen-bond donors (Lipinski definition) is 0. The molecular weight excluding hydrogens is 913 g/mol. The van der Waals surface area contributed by atoms with Crippen LogP contribution in [-0.4, -0.2) is 132 Å². The van der Waals surface area contributed by atoms with Crippen molar-refractivity contribution in [3.63, 3.8) is 0 Å². The van der Waals surface area contributed by atoms with Crippen molar-refractivity contribution in [1.29, 1.82) is 0 Å². The van der Waals surface area contributed by atoms with Gasteiger partial charge in [0.1, 0.15) is 19.8 Å². The zero-order valence-corrected chi connectivity index (χ0v) is 45.5. The molecule has 0 N–H and O–H groups in total. The van der Waals surface area contributed by atoms with Crippen LogP contribution >= 0.6 is 0 Å². The number of carbonyl (C=O) groups excluding carboxylic acids is 7. The number of hydrogen-bond acceptors (Lipinski definition) is 15. The summed E-state index contributed by atoms with van der Waals surface area (Å²) in [5.74, 6) is -4.02. The topological polar surface area (TPSA) is 191 Å². The summed E-state index contributed by atoms with van der Waals surface area (Å²) in [4.78, 5) is 93.0. The first-order valence-corrected chi connectivity index (χ1v) is 27.8. The average molecular weight is 1010 g/mol. The minimum atomic E-state index is -0.696. The van der Waals surface area contributed by atoms with Gasteiger partial charge in [0.15, 0.2) is 0 Å². The van der Waals surface area contributed by atoms with Crippen molar-refractivity contribution in [3.8, 4) is 0 Å². The first kappa shape index (κ1) is 67.0. The van der Waals surface area contributed by atoms with Crippen LogP contribution in [0.4, 0.5) is 4.79 Å². The van der Waals surface area contributed by atoms with Crippen LogP contribution in [0, 0.1) is 11.8 Å². The SMILES string of the molecule is CCCCCCCCC(=O)OCC(COC(=O)CCCCCCCC)CC(=O)OCCN(CCOC(=O)CC(COC(=O)CCCCCCCC)COC(=O)CCCCCCCC)C(=O)OCCN(C)C. The number of esters is 6. The number of nitrogens with zero attached hydrogens (tertiary/aromatic N) is 2. The van der Waals surface area contributed by atoms with Crippen molar-refractivity contribution in [2.75, 3.05) is 80.0 Å². The fraction of sp³-hybridized carbons (Fsp3) is 0.873. The summed E-state index contributed by atoms with van der Waals surface area (Å²) in [6, 6.07) is 0. The van der Waals surface area contributed by atoms with Gasteiger partial charge in [-0.25, -0.2) is 4.79 Å². The average Bonchev–Trinajstić information content (AvgIpc) is 3.34. The monoisotopic (exact) mass is 1010 g/mol. The van der Waals surface area contributed by atoms with Crippen LogP contribution < -0.4 is 0 Å². The molecule has 0 heterocycles. The minimum Gasteiger partial charge on any atom is -0.465 e. The molecule has 0 saturated carbocycles. The van der Waals surface area contributed by atoms with Crippen LogP contribution in [-0.2, 0) is 61.9 Å². The van der Waals surface area contributed by atoms with Crippen LogP contribution in [0.3, 0.4) is 0 Å². The summed E-state index contributed by atoms with van der Waals surface area (Å²) in [5, 5.41) is 0. The Labute approximate surface area is 429 Å². The minimum absolute atomic E-state index is 0.0824. The highest BCUT2D eigenvalue weighted by Crippen LogP contribution is 2.15. The fourth-order valence-electron chi connectivity index (χ4n) is 7.49. The van der Waals surface area contributed by atoms with Crippen molar-refractivity contribution in [1.82, 2.24) is 9.80 Å². The molecule has 0 fully saturated rings. The maximum atomic E-state index is 13.2. The molecule has 0 spiro atoms. The summed E-state index contributed by atoms with van der Waals surface area (Å²) in [6.45, 7) is 8.10. The van der Waals surface area contributed by atoms with E-state index in [1.54, 1.807) is 0 Å². The van der Waals surface area contributed by atoms with E-state index in [-0.39, 0.29) is 122 Å². The van der Waals surface area contributed by atoms with E-state index < -0.39 is 29.9 Å². The predicted octanol–water partition coefficient (Wildman–Crippen LogP) is 11.3. The molecule has 0 unspecified atom stereocenters. The first-order chi connectivity index (χ1) is 34.3. The molecule has 16 heteroatoms. The van der Waals surface area contributed by atoms with Gasteiger partial charge in [-0.15, -0.1) is 0 Å². The lowest BCUT2D eigenvalue weighted by Crippen LogP contribution is -2.39. The summed E-state index contributed by atoms with van der Waals surface area (Å²) < 4.78 is 38.6. The third-order valence-corrected chi connectivity index (χ3v) is 12.0. The summed E-state index contributed by atoms with van der Waals surface area (Å²) in [5.41, 5.74) is 0. The molecule has 0 radical (unpaired) electrons. The van der Waals surface area contributed by atoms with E-state index in [0.29, 0.717) is 32.2 Å². The molecule has 414 valence electrons. The number of carbonyl (C=O) groups is 7. The number of ether oxygens (including phenoxy) is 7. The van der Waals surface area contributed by atoms with Gasteiger partial charge in [-0.3, -0.25) is 28.8 Å². The van der Waals surface area contributed by atoms with E-state index in [9.17, 15) is 33.6 Å². The van der Waals surface area contributed by atoms with Crippen molar-refractivity contribution in [2.24, 2.45) is 11.8 Å². The molecule has 0 saturated heterocycles. The smallest absolute Gasteiger partial charge is 0.410 e. The number of rotatable bonds is 49. The molecule has 0 aromatic rings. The summed E-state index contributed by atoms with van der Waals surface area (Å²) >= 11 is 0. The highest BCUT2D eigenvalue weighted by molar-refractivity contribution is 5.73. The highest BCUT2D eigenvalue weighted by Gasteiger charge is 2.23. The lowest BCUT2D eigenvalue weighted by Gasteiger charge is -2.23. The van der Waals surface area contributed by atoms with Crippen LogP contribution in [0.1, 0.15) is 220 Å². The molecule has 1 amide bonds. The molecular formula is C55H100N2O14. The van der Waals surface area contributed by atoms with Crippen molar-refractivity contribution in [2.45, 2.75) is 220 Å². The van der Waals surface area contributed by atoms with E-state index in [1.807, 2.05) is 19.0 Å². The molecule has 71 heavy (non-hydrogen) atoms. The number of amides is 1. The lowest BCUT2D eigenvalue weighted by atomic mass is 10.1. The Morgan fingerprint density at radius 2 is 0.592 bits per heavy atom. The van der Waals surface area contributed by atoms with Crippen LogP contribution in [0.25, 0.3) is 0 Å². The van der Waals surface area contributed by atoms with E-state index in [4.69, 9.17) is 33.2 Å². The molecule has 0 rings (SSSR count). The van der Waals surface area contributed by atoms with Gasteiger partial charge < -0.3 is 43.0 Å².